The molecular weight excluding hydrogens is 325 g/mol. The van der Waals surface area contributed by atoms with Crippen molar-refractivity contribution in [2.24, 2.45) is 0 Å². The van der Waals surface area contributed by atoms with Gasteiger partial charge in [0.25, 0.3) is 0 Å². The van der Waals surface area contributed by atoms with Crippen LogP contribution in [0.1, 0.15) is 11.5 Å². The van der Waals surface area contributed by atoms with Crippen LogP contribution in [-0.4, -0.2) is 48.7 Å². The van der Waals surface area contributed by atoms with E-state index in [1.54, 1.807) is 12.1 Å². The SMILES string of the molecule is Cl.OCC(O)C1OCCNCC1c1ccc(Cl)c(Cl)c1. The molecule has 1 saturated heterocycles. The second-order valence-electron chi connectivity index (χ2n) is 4.57. The van der Waals surface area contributed by atoms with Gasteiger partial charge in [-0.2, -0.15) is 0 Å². The number of aliphatic hydroxyl groups excluding tert-OH is 2. The highest BCUT2D eigenvalue weighted by atomic mass is 35.5. The van der Waals surface area contributed by atoms with E-state index in [2.05, 4.69) is 5.32 Å². The summed E-state index contributed by atoms with van der Waals surface area (Å²) in [5.41, 5.74) is 0.932. The Labute approximate surface area is 134 Å². The molecule has 3 N–H and O–H groups in total. The summed E-state index contributed by atoms with van der Waals surface area (Å²) in [5, 5.41) is 23.3. The molecule has 4 nitrogen and oxygen atoms in total. The molecule has 1 aliphatic rings. The molecule has 0 spiro atoms. The van der Waals surface area contributed by atoms with Gasteiger partial charge in [0.1, 0.15) is 6.10 Å². The van der Waals surface area contributed by atoms with E-state index in [0.29, 0.717) is 29.7 Å². The summed E-state index contributed by atoms with van der Waals surface area (Å²) in [5.74, 6) is -0.0839. The zero-order valence-corrected chi connectivity index (χ0v) is 13.1. The van der Waals surface area contributed by atoms with Gasteiger partial charge in [-0.05, 0) is 17.7 Å². The third-order valence-corrected chi connectivity index (χ3v) is 4.03. The van der Waals surface area contributed by atoms with Crippen LogP contribution in [0.5, 0.6) is 0 Å². The van der Waals surface area contributed by atoms with E-state index in [4.69, 9.17) is 33.0 Å². The van der Waals surface area contributed by atoms with Gasteiger partial charge in [-0.25, -0.2) is 0 Å². The molecule has 1 aromatic carbocycles. The average Bonchev–Trinajstić information content (AvgIpc) is 2.66. The highest BCUT2D eigenvalue weighted by molar-refractivity contribution is 6.42. The van der Waals surface area contributed by atoms with Gasteiger partial charge in [0.05, 0.1) is 29.4 Å². The van der Waals surface area contributed by atoms with Crippen LogP contribution in [0.4, 0.5) is 0 Å². The molecule has 3 atom stereocenters. The van der Waals surface area contributed by atoms with Crippen molar-refractivity contribution in [2.75, 3.05) is 26.3 Å². The molecule has 1 aliphatic heterocycles. The molecule has 7 heteroatoms. The van der Waals surface area contributed by atoms with Crippen molar-refractivity contribution in [1.82, 2.24) is 5.32 Å². The first-order valence-electron chi connectivity index (χ1n) is 6.19. The molecule has 2 rings (SSSR count). The van der Waals surface area contributed by atoms with Gasteiger partial charge >= 0.3 is 0 Å². The second-order valence-corrected chi connectivity index (χ2v) is 5.38. The van der Waals surface area contributed by atoms with Crippen molar-refractivity contribution >= 4 is 35.6 Å². The first-order chi connectivity index (χ1) is 9.13. The Bertz CT molecular complexity index is 433. The predicted molar refractivity (Wildman–Crippen MR) is 82.2 cm³/mol. The molecule has 0 saturated carbocycles. The Morgan fingerprint density at radius 1 is 1.35 bits per heavy atom. The average molecular weight is 343 g/mol. The molecule has 0 aromatic heterocycles. The Kier molecular flexibility index (Phi) is 7.54. The second kappa shape index (κ2) is 8.39. The van der Waals surface area contributed by atoms with Gasteiger partial charge in [-0.15, -0.1) is 12.4 Å². The smallest absolute Gasteiger partial charge is 0.104 e. The Hall–Kier alpha value is -0.0700. The van der Waals surface area contributed by atoms with Crippen LogP contribution >= 0.6 is 35.6 Å². The summed E-state index contributed by atoms with van der Waals surface area (Å²) in [4.78, 5) is 0. The van der Waals surface area contributed by atoms with E-state index in [-0.39, 0.29) is 24.9 Å². The topological polar surface area (TPSA) is 61.7 Å². The summed E-state index contributed by atoms with van der Waals surface area (Å²) in [6, 6.07) is 5.38. The first kappa shape index (κ1) is 18.0. The molecule has 0 bridgehead atoms. The lowest BCUT2D eigenvalue weighted by Gasteiger charge is -2.28. The number of rotatable bonds is 3. The lowest BCUT2D eigenvalue weighted by Crippen LogP contribution is -2.38. The Balaban J connectivity index is 0.00000200. The highest BCUT2D eigenvalue weighted by Gasteiger charge is 2.31. The summed E-state index contributed by atoms with van der Waals surface area (Å²) in [6.45, 7) is 1.54. The monoisotopic (exact) mass is 341 g/mol. The number of hydrogen-bond acceptors (Lipinski definition) is 4. The summed E-state index contributed by atoms with van der Waals surface area (Å²) in [6.07, 6.45) is -1.38. The summed E-state index contributed by atoms with van der Waals surface area (Å²) < 4.78 is 5.64. The molecule has 0 amide bonds. The molecule has 0 radical (unpaired) electrons. The lowest BCUT2D eigenvalue weighted by molar-refractivity contribution is -0.0609. The minimum Gasteiger partial charge on any atom is -0.394 e. The highest BCUT2D eigenvalue weighted by Crippen LogP contribution is 2.30. The van der Waals surface area contributed by atoms with Crippen molar-refractivity contribution in [3.63, 3.8) is 0 Å². The fourth-order valence-electron chi connectivity index (χ4n) is 2.29. The van der Waals surface area contributed by atoms with Crippen molar-refractivity contribution in [1.29, 1.82) is 0 Å². The quantitative estimate of drug-likeness (QED) is 0.784. The summed E-state index contributed by atoms with van der Waals surface area (Å²) in [7, 11) is 0. The Morgan fingerprint density at radius 2 is 2.10 bits per heavy atom. The molecule has 3 unspecified atom stereocenters. The van der Waals surface area contributed by atoms with Crippen LogP contribution in [0.25, 0.3) is 0 Å². The van der Waals surface area contributed by atoms with Crippen molar-refractivity contribution in [3.8, 4) is 0 Å². The molecular formula is C13H18Cl3NO3. The molecule has 0 aliphatic carbocycles. The van der Waals surface area contributed by atoms with Gasteiger partial charge in [0.2, 0.25) is 0 Å². The van der Waals surface area contributed by atoms with Gasteiger partial charge in [0, 0.05) is 19.0 Å². The van der Waals surface area contributed by atoms with Gasteiger partial charge < -0.3 is 20.3 Å². The maximum Gasteiger partial charge on any atom is 0.104 e. The van der Waals surface area contributed by atoms with Crippen LogP contribution in [-0.2, 0) is 4.74 Å². The van der Waals surface area contributed by atoms with Crippen molar-refractivity contribution in [2.45, 2.75) is 18.1 Å². The fraction of sp³-hybridized carbons (Fsp3) is 0.538. The Morgan fingerprint density at radius 3 is 2.75 bits per heavy atom. The first-order valence-corrected chi connectivity index (χ1v) is 6.95. The largest absolute Gasteiger partial charge is 0.394 e. The van der Waals surface area contributed by atoms with Crippen LogP contribution < -0.4 is 5.32 Å². The number of hydrogen-bond donors (Lipinski definition) is 3. The van der Waals surface area contributed by atoms with Crippen LogP contribution in [0, 0.1) is 0 Å². The van der Waals surface area contributed by atoms with E-state index in [1.165, 1.54) is 0 Å². The molecule has 1 fully saturated rings. The number of benzene rings is 1. The molecule has 20 heavy (non-hydrogen) atoms. The number of aliphatic hydroxyl groups is 2. The van der Waals surface area contributed by atoms with Crippen molar-refractivity contribution in [3.05, 3.63) is 33.8 Å². The zero-order chi connectivity index (χ0) is 13.8. The molecule has 1 aromatic rings. The number of ether oxygens (including phenoxy) is 1. The normalized spacial score (nSPS) is 24.6. The zero-order valence-electron chi connectivity index (χ0n) is 10.8. The van der Waals surface area contributed by atoms with E-state index in [0.717, 1.165) is 5.56 Å². The molecule has 1 heterocycles. The van der Waals surface area contributed by atoms with Crippen LogP contribution in [0.2, 0.25) is 10.0 Å². The lowest BCUT2D eigenvalue weighted by atomic mass is 9.90. The number of halogens is 3. The van der Waals surface area contributed by atoms with E-state index >= 15 is 0 Å². The maximum atomic E-state index is 9.90. The third kappa shape index (κ3) is 4.21. The third-order valence-electron chi connectivity index (χ3n) is 3.29. The molecule has 114 valence electrons. The maximum absolute atomic E-state index is 9.90. The van der Waals surface area contributed by atoms with Crippen LogP contribution in [0.3, 0.4) is 0 Å². The minimum absolute atomic E-state index is 0. The standard InChI is InChI=1S/C13H17Cl2NO3.ClH/c14-10-2-1-8(5-11(10)15)9-6-16-3-4-19-13(9)12(18)7-17;/h1-2,5,9,12-13,16-18H,3-4,6-7H2;1H. The fourth-order valence-corrected chi connectivity index (χ4v) is 2.60. The van der Waals surface area contributed by atoms with Crippen LogP contribution in [0.15, 0.2) is 18.2 Å². The van der Waals surface area contributed by atoms with E-state index < -0.39 is 12.2 Å². The number of nitrogens with one attached hydrogen (secondary N) is 1. The minimum atomic E-state index is -0.917. The van der Waals surface area contributed by atoms with E-state index in [1.807, 2.05) is 6.07 Å². The summed E-state index contributed by atoms with van der Waals surface area (Å²) >= 11 is 11.9. The van der Waals surface area contributed by atoms with Crippen molar-refractivity contribution < 1.29 is 14.9 Å². The van der Waals surface area contributed by atoms with Gasteiger partial charge in [-0.3, -0.25) is 0 Å². The van der Waals surface area contributed by atoms with Gasteiger partial charge in [0.15, 0.2) is 0 Å². The van der Waals surface area contributed by atoms with E-state index in [9.17, 15) is 5.11 Å². The van der Waals surface area contributed by atoms with Gasteiger partial charge in [-0.1, -0.05) is 29.3 Å². The predicted octanol–water partition coefficient (Wildman–Crippen LogP) is 1.84.